The second-order valence-electron chi connectivity index (χ2n) is 4.28. The number of nitrogens with zero attached hydrogens (tertiary/aromatic N) is 2. The molecule has 0 aliphatic heterocycles. The van der Waals surface area contributed by atoms with Crippen LogP contribution in [0.2, 0.25) is 0 Å². The van der Waals surface area contributed by atoms with Crippen LogP contribution in [0.5, 0.6) is 0 Å². The van der Waals surface area contributed by atoms with Crippen LogP contribution in [0.3, 0.4) is 0 Å². The molecule has 1 rings (SSSR count). The molecule has 19 heavy (non-hydrogen) atoms. The fourth-order valence-electron chi connectivity index (χ4n) is 1.69. The van der Waals surface area contributed by atoms with E-state index in [1.54, 1.807) is 0 Å². The fourth-order valence-corrected chi connectivity index (χ4v) is 2.11. The van der Waals surface area contributed by atoms with Gasteiger partial charge in [-0.3, -0.25) is 15.1 Å². The molecule has 1 atom stereocenters. The SMILES string of the molecule is CCCC(C)(Nc1c(Br)cncc1[N+](=O)[O-])C(=O)O. The van der Waals surface area contributed by atoms with Crippen LogP contribution in [-0.4, -0.2) is 26.5 Å². The van der Waals surface area contributed by atoms with Gasteiger partial charge in [0.25, 0.3) is 0 Å². The van der Waals surface area contributed by atoms with Gasteiger partial charge in [0.2, 0.25) is 0 Å². The number of halogens is 1. The van der Waals surface area contributed by atoms with Crippen LogP contribution in [0.1, 0.15) is 26.7 Å². The Kier molecular flexibility index (Phi) is 4.82. The zero-order valence-corrected chi connectivity index (χ0v) is 12.1. The highest BCUT2D eigenvalue weighted by Gasteiger charge is 2.34. The van der Waals surface area contributed by atoms with E-state index in [1.807, 2.05) is 6.92 Å². The molecule has 0 fully saturated rings. The summed E-state index contributed by atoms with van der Waals surface area (Å²) in [7, 11) is 0. The minimum Gasteiger partial charge on any atom is -0.480 e. The molecular formula is C11H14BrN3O4. The topological polar surface area (TPSA) is 105 Å². The molecule has 0 spiro atoms. The lowest BCUT2D eigenvalue weighted by Crippen LogP contribution is -2.43. The van der Waals surface area contributed by atoms with Crippen molar-refractivity contribution in [2.75, 3.05) is 5.32 Å². The summed E-state index contributed by atoms with van der Waals surface area (Å²) < 4.78 is 0.352. The number of nitro groups is 1. The Morgan fingerprint density at radius 1 is 1.63 bits per heavy atom. The summed E-state index contributed by atoms with van der Waals surface area (Å²) in [6.45, 7) is 3.34. The van der Waals surface area contributed by atoms with Crippen molar-refractivity contribution in [2.45, 2.75) is 32.2 Å². The van der Waals surface area contributed by atoms with Crippen molar-refractivity contribution >= 4 is 33.3 Å². The minimum absolute atomic E-state index is 0.123. The van der Waals surface area contributed by atoms with Gasteiger partial charge in [0, 0.05) is 6.20 Å². The second-order valence-corrected chi connectivity index (χ2v) is 5.14. The molecule has 104 valence electrons. The predicted molar refractivity (Wildman–Crippen MR) is 73.2 cm³/mol. The lowest BCUT2D eigenvalue weighted by Gasteiger charge is -2.27. The zero-order valence-electron chi connectivity index (χ0n) is 10.5. The van der Waals surface area contributed by atoms with Crippen molar-refractivity contribution in [3.63, 3.8) is 0 Å². The first-order chi connectivity index (χ1) is 8.81. The second kappa shape index (κ2) is 5.96. The highest BCUT2D eigenvalue weighted by atomic mass is 79.9. The number of carbonyl (C=O) groups is 1. The van der Waals surface area contributed by atoms with E-state index in [0.29, 0.717) is 17.3 Å². The van der Waals surface area contributed by atoms with Gasteiger partial charge in [0.15, 0.2) is 0 Å². The van der Waals surface area contributed by atoms with Gasteiger partial charge in [-0.25, -0.2) is 4.79 Å². The average molecular weight is 332 g/mol. The maximum atomic E-state index is 11.3. The van der Waals surface area contributed by atoms with Crippen molar-refractivity contribution < 1.29 is 14.8 Å². The quantitative estimate of drug-likeness (QED) is 0.613. The van der Waals surface area contributed by atoms with Crippen molar-refractivity contribution in [2.24, 2.45) is 0 Å². The van der Waals surface area contributed by atoms with E-state index in [9.17, 15) is 20.0 Å². The Morgan fingerprint density at radius 3 is 2.74 bits per heavy atom. The van der Waals surface area contributed by atoms with Gasteiger partial charge in [0.1, 0.15) is 17.4 Å². The third-order valence-electron chi connectivity index (χ3n) is 2.70. The number of pyridine rings is 1. The normalized spacial score (nSPS) is 13.6. The maximum absolute atomic E-state index is 11.3. The molecule has 0 aliphatic rings. The zero-order chi connectivity index (χ0) is 14.6. The molecular weight excluding hydrogens is 318 g/mol. The summed E-state index contributed by atoms with van der Waals surface area (Å²) in [5, 5.41) is 23.0. The highest BCUT2D eigenvalue weighted by Crippen LogP contribution is 2.34. The first-order valence-electron chi connectivity index (χ1n) is 5.61. The van der Waals surface area contributed by atoms with Crippen molar-refractivity contribution in [3.05, 3.63) is 27.0 Å². The van der Waals surface area contributed by atoms with E-state index in [1.165, 1.54) is 13.1 Å². The molecule has 0 radical (unpaired) electrons. The number of carboxylic acids is 1. The Hall–Kier alpha value is -1.70. The molecule has 0 aliphatic carbocycles. The summed E-state index contributed by atoms with van der Waals surface area (Å²) in [6, 6.07) is 0. The number of aromatic nitrogens is 1. The van der Waals surface area contributed by atoms with Gasteiger partial charge < -0.3 is 10.4 Å². The van der Waals surface area contributed by atoms with Crippen molar-refractivity contribution in [1.82, 2.24) is 4.98 Å². The van der Waals surface area contributed by atoms with Crippen LogP contribution in [0.25, 0.3) is 0 Å². The Labute approximate surface area is 118 Å². The molecule has 1 aromatic heterocycles. The minimum atomic E-state index is -1.27. The van der Waals surface area contributed by atoms with Gasteiger partial charge in [-0.2, -0.15) is 0 Å². The van der Waals surface area contributed by atoms with Gasteiger partial charge >= 0.3 is 11.7 Å². The van der Waals surface area contributed by atoms with Crippen LogP contribution in [-0.2, 0) is 4.79 Å². The lowest BCUT2D eigenvalue weighted by atomic mass is 9.96. The van der Waals surface area contributed by atoms with Gasteiger partial charge in [-0.05, 0) is 29.3 Å². The number of anilines is 1. The largest absolute Gasteiger partial charge is 0.480 e. The molecule has 0 aromatic carbocycles. The van der Waals surface area contributed by atoms with Gasteiger partial charge in [-0.1, -0.05) is 13.3 Å². The Bertz CT molecular complexity index is 509. The van der Waals surface area contributed by atoms with Crippen LogP contribution in [0.4, 0.5) is 11.4 Å². The molecule has 1 heterocycles. The number of hydrogen-bond donors (Lipinski definition) is 2. The third-order valence-corrected chi connectivity index (χ3v) is 3.30. The standard InChI is InChI=1S/C11H14BrN3O4/c1-3-4-11(2,10(16)17)14-9-7(12)5-13-6-8(9)15(18)19/h5-6H,3-4H2,1-2H3,(H,13,14)(H,16,17). The monoisotopic (exact) mass is 331 g/mol. The molecule has 1 unspecified atom stereocenters. The highest BCUT2D eigenvalue weighted by molar-refractivity contribution is 9.10. The Balaban J connectivity index is 3.23. The number of aliphatic carboxylic acids is 1. The number of hydrogen-bond acceptors (Lipinski definition) is 5. The number of nitrogens with one attached hydrogen (secondary N) is 1. The first-order valence-corrected chi connectivity index (χ1v) is 6.40. The molecule has 0 bridgehead atoms. The number of rotatable bonds is 6. The lowest BCUT2D eigenvalue weighted by molar-refractivity contribution is -0.384. The summed E-state index contributed by atoms with van der Waals surface area (Å²) >= 11 is 3.15. The van der Waals surface area contributed by atoms with E-state index in [4.69, 9.17) is 0 Å². The van der Waals surface area contributed by atoms with E-state index in [-0.39, 0.29) is 11.4 Å². The van der Waals surface area contributed by atoms with Gasteiger partial charge in [0.05, 0.1) is 9.40 Å². The van der Waals surface area contributed by atoms with Crippen LogP contribution < -0.4 is 5.32 Å². The van der Waals surface area contributed by atoms with Crippen LogP contribution in [0, 0.1) is 10.1 Å². The molecule has 8 heteroatoms. The molecule has 0 amide bonds. The molecule has 7 nitrogen and oxygen atoms in total. The molecule has 0 saturated carbocycles. The smallest absolute Gasteiger partial charge is 0.329 e. The first kappa shape index (κ1) is 15.4. The summed E-state index contributed by atoms with van der Waals surface area (Å²) in [4.78, 5) is 25.4. The van der Waals surface area contributed by atoms with E-state index < -0.39 is 16.4 Å². The molecule has 0 saturated heterocycles. The fraction of sp³-hybridized carbons (Fsp3) is 0.455. The predicted octanol–water partition coefficient (Wildman–Crippen LogP) is 2.81. The van der Waals surface area contributed by atoms with Crippen LogP contribution >= 0.6 is 15.9 Å². The summed E-state index contributed by atoms with van der Waals surface area (Å²) in [5.74, 6) is -1.06. The Morgan fingerprint density at radius 2 is 2.26 bits per heavy atom. The van der Waals surface area contributed by atoms with Gasteiger partial charge in [-0.15, -0.1) is 0 Å². The van der Waals surface area contributed by atoms with Crippen molar-refractivity contribution in [3.8, 4) is 0 Å². The van der Waals surface area contributed by atoms with E-state index >= 15 is 0 Å². The van der Waals surface area contributed by atoms with E-state index in [2.05, 4.69) is 26.2 Å². The van der Waals surface area contributed by atoms with Crippen molar-refractivity contribution in [1.29, 1.82) is 0 Å². The van der Waals surface area contributed by atoms with E-state index in [0.717, 1.165) is 6.20 Å². The average Bonchev–Trinajstić information content (AvgIpc) is 2.31. The summed E-state index contributed by atoms with van der Waals surface area (Å²) in [5.41, 5.74) is -1.42. The summed E-state index contributed by atoms with van der Waals surface area (Å²) in [6.07, 6.45) is 3.44. The number of carboxylic acid groups (broad SMARTS) is 1. The maximum Gasteiger partial charge on any atom is 0.329 e. The molecule has 1 aromatic rings. The van der Waals surface area contributed by atoms with Crippen LogP contribution in [0.15, 0.2) is 16.9 Å². The molecule has 2 N–H and O–H groups in total. The third kappa shape index (κ3) is 3.40.